The van der Waals surface area contributed by atoms with Crippen LogP contribution in [0.15, 0.2) is 30.3 Å². The van der Waals surface area contributed by atoms with Gasteiger partial charge < -0.3 is 5.32 Å². The molecule has 1 heterocycles. The van der Waals surface area contributed by atoms with Crippen LogP contribution in [0.1, 0.15) is 24.3 Å². The highest BCUT2D eigenvalue weighted by atomic mass is 35.5. The van der Waals surface area contributed by atoms with Gasteiger partial charge in [-0.1, -0.05) is 37.6 Å². The number of carbonyl (C=O) groups is 1. The van der Waals surface area contributed by atoms with Crippen molar-refractivity contribution in [2.24, 2.45) is 13.0 Å². The minimum atomic E-state index is -0.150. The highest BCUT2D eigenvalue weighted by molar-refractivity contribution is 6.30. The van der Waals surface area contributed by atoms with Crippen LogP contribution in [0.5, 0.6) is 0 Å². The summed E-state index contributed by atoms with van der Waals surface area (Å²) >= 11 is 5.99. The summed E-state index contributed by atoms with van der Waals surface area (Å²) in [6, 6.07) is 9.27. The Morgan fingerprint density at radius 2 is 2.15 bits per heavy atom. The molecule has 0 saturated heterocycles. The normalized spacial score (nSPS) is 10.8. The van der Waals surface area contributed by atoms with Gasteiger partial charge in [-0.05, 0) is 24.1 Å². The first-order chi connectivity index (χ1) is 9.47. The maximum Gasteiger partial charge on any atom is 0.271 e. The molecule has 0 aliphatic rings. The Morgan fingerprint density at radius 1 is 1.40 bits per heavy atom. The molecule has 1 aromatic carbocycles. The van der Waals surface area contributed by atoms with Gasteiger partial charge in [-0.2, -0.15) is 5.10 Å². The monoisotopic (exact) mass is 291 g/mol. The molecule has 0 bridgehead atoms. The fourth-order valence-electron chi connectivity index (χ4n) is 1.88. The lowest BCUT2D eigenvalue weighted by molar-refractivity contribution is 0.0943. The number of nitrogens with zero attached hydrogens (tertiary/aromatic N) is 2. The summed E-state index contributed by atoms with van der Waals surface area (Å²) in [7, 11) is 1.81. The van der Waals surface area contributed by atoms with Gasteiger partial charge in [0, 0.05) is 24.2 Å². The largest absolute Gasteiger partial charge is 0.350 e. The van der Waals surface area contributed by atoms with Gasteiger partial charge in [-0.3, -0.25) is 9.48 Å². The number of nitrogens with one attached hydrogen (secondary N) is 1. The van der Waals surface area contributed by atoms with Crippen LogP contribution < -0.4 is 5.32 Å². The molecular weight excluding hydrogens is 274 g/mol. The smallest absolute Gasteiger partial charge is 0.271 e. The first kappa shape index (κ1) is 14.6. The van der Waals surface area contributed by atoms with Crippen LogP contribution in [0.3, 0.4) is 0 Å². The molecule has 0 aliphatic carbocycles. The minimum Gasteiger partial charge on any atom is -0.350 e. The van der Waals surface area contributed by atoms with Gasteiger partial charge in [0.05, 0.1) is 5.69 Å². The van der Waals surface area contributed by atoms with Crippen LogP contribution in [-0.4, -0.2) is 22.2 Å². The van der Waals surface area contributed by atoms with Gasteiger partial charge in [-0.15, -0.1) is 0 Å². The number of aromatic nitrogens is 2. The molecule has 106 valence electrons. The average molecular weight is 292 g/mol. The third-order valence-electron chi connectivity index (χ3n) is 2.90. The van der Waals surface area contributed by atoms with Crippen molar-refractivity contribution in [2.45, 2.75) is 13.8 Å². The second-order valence-electron chi connectivity index (χ2n) is 5.15. The van der Waals surface area contributed by atoms with E-state index < -0.39 is 0 Å². The summed E-state index contributed by atoms with van der Waals surface area (Å²) in [4.78, 5) is 12.0. The van der Waals surface area contributed by atoms with Gasteiger partial charge >= 0.3 is 0 Å². The highest BCUT2D eigenvalue weighted by Gasteiger charge is 2.14. The number of halogens is 1. The Morgan fingerprint density at radius 3 is 2.80 bits per heavy atom. The lowest BCUT2D eigenvalue weighted by atomic mass is 10.1. The number of amides is 1. The average Bonchev–Trinajstić information content (AvgIpc) is 2.78. The van der Waals surface area contributed by atoms with E-state index in [-0.39, 0.29) is 5.91 Å². The Kier molecular flexibility index (Phi) is 4.45. The van der Waals surface area contributed by atoms with Crippen LogP contribution in [0, 0.1) is 5.92 Å². The quantitative estimate of drug-likeness (QED) is 0.941. The number of benzene rings is 1. The molecule has 0 radical (unpaired) electrons. The molecule has 4 nitrogen and oxygen atoms in total. The first-order valence-electron chi connectivity index (χ1n) is 6.55. The maximum atomic E-state index is 12.0. The molecule has 0 spiro atoms. The van der Waals surface area contributed by atoms with E-state index in [1.165, 1.54) is 0 Å². The highest BCUT2D eigenvalue weighted by Crippen LogP contribution is 2.23. The van der Waals surface area contributed by atoms with Crippen LogP contribution in [-0.2, 0) is 7.05 Å². The van der Waals surface area contributed by atoms with Gasteiger partial charge in [-0.25, -0.2) is 0 Å². The third-order valence-corrected chi connectivity index (χ3v) is 3.14. The molecule has 1 N–H and O–H groups in total. The molecule has 0 saturated carbocycles. The van der Waals surface area contributed by atoms with Crippen molar-refractivity contribution >= 4 is 17.5 Å². The fourth-order valence-corrected chi connectivity index (χ4v) is 2.07. The number of rotatable bonds is 4. The van der Waals surface area contributed by atoms with E-state index >= 15 is 0 Å². The van der Waals surface area contributed by atoms with Crippen molar-refractivity contribution in [3.8, 4) is 11.3 Å². The van der Waals surface area contributed by atoms with Crippen LogP contribution in [0.2, 0.25) is 5.02 Å². The molecule has 2 aromatic rings. The van der Waals surface area contributed by atoms with E-state index in [9.17, 15) is 4.79 Å². The van der Waals surface area contributed by atoms with E-state index in [2.05, 4.69) is 24.3 Å². The van der Waals surface area contributed by atoms with Crippen molar-refractivity contribution in [3.05, 3.63) is 41.0 Å². The molecule has 0 fully saturated rings. The summed E-state index contributed by atoms with van der Waals surface area (Å²) in [5.74, 6) is 0.262. The van der Waals surface area contributed by atoms with E-state index in [1.807, 2.05) is 31.3 Å². The maximum absolute atomic E-state index is 12.0. The Bertz CT molecular complexity index is 619. The summed E-state index contributed by atoms with van der Waals surface area (Å²) < 4.78 is 1.69. The van der Waals surface area contributed by atoms with E-state index in [1.54, 1.807) is 10.7 Å². The Hall–Kier alpha value is -1.81. The molecule has 1 aromatic heterocycles. The first-order valence-corrected chi connectivity index (χ1v) is 6.93. The van der Waals surface area contributed by atoms with Gasteiger partial charge in [0.25, 0.3) is 5.91 Å². The van der Waals surface area contributed by atoms with E-state index in [0.717, 1.165) is 11.3 Å². The summed E-state index contributed by atoms with van der Waals surface area (Å²) in [5.41, 5.74) is 2.22. The topological polar surface area (TPSA) is 46.9 Å². The zero-order valence-electron chi connectivity index (χ0n) is 11.9. The zero-order chi connectivity index (χ0) is 14.7. The summed E-state index contributed by atoms with van der Waals surface area (Å²) in [6.45, 7) is 4.74. The predicted molar refractivity (Wildman–Crippen MR) is 80.8 cm³/mol. The Labute approximate surface area is 123 Å². The molecular formula is C15H18ClN3O. The molecule has 0 aliphatic heterocycles. The number of hydrogen-bond acceptors (Lipinski definition) is 2. The van der Waals surface area contributed by atoms with Gasteiger partial charge in [0.1, 0.15) is 0 Å². The number of carbonyl (C=O) groups excluding carboxylic acids is 1. The van der Waals surface area contributed by atoms with Gasteiger partial charge in [0.2, 0.25) is 0 Å². The summed E-state index contributed by atoms with van der Waals surface area (Å²) in [5, 5.41) is 7.78. The lowest BCUT2D eigenvalue weighted by Crippen LogP contribution is -2.27. The molecule has 2 rings (SSSR count). The van der Waals surface area contributed by atoms with Crippen LogP contribution >= 0.6 is 11.6 Å². The number of hydrogen-bond donors (Lipinski definition) is 1. The zero-order valence-corrected chi connectivity index (χ0v) is 12.6. The van der Waals surface area contributed by atoms with Crippen molar-refractivity contribution < 1.29 is 4.79 Å². The standard InChI is InChI=1S/C15H18ClN3O/c1-10(2)9-17-15(20)13-8-14(19(3)18-13)11-5-4-6-12(16)7-11/h4-8,10H,9H2,1-3H3,(H,17,20). The molecule has 1 amide bonds. The van der Waals surface area contributed by atoms with Crippen molar-refractivity contribution in [2.75, 3.05) is 6.54 Å². The van der Waals surface area contributed by atoms with Crippen LogP contribution in [0.25, 0.3) is 11.3 Å². The fraction of sp³-hybridized carbons (Fsp3) is 0.333. The third kappa shape index (κ3) is 3.39. The molecule has 0 unspecified atom stereocenters. The second kappa shape index (κ2) is 6.09. The second-order valence-corrected chi connectivity index (χ2v) is 5.59. The van der Waals surface area contributed by atoms with Crippen molar-refractivity contribution in [1.29, 1.82) is 0 Å². The SMILES string of the molecule is CC(C)CNC(=O)c1cc(-c2cccc(Cl)c2)n(C)n1. The Balaban J connectivity index is 2.23. The lowest BCUT2D eigenvalue weighted by Gasteiger charge is -2.04. The molecule has 0 atom stereocenters. The van der Waals surface area contributed by atoms with Crippen molar-refractivity contribution in [1.82, 2.24) is 15.1 Å². The molecule has 20 heavy (non-hydrogen) atoms. The predicted octanol–water partition coefficient (Wildman–Crippen LogP) is 3.13. The number of aryl methyl sites for hydroxylation is 1. The van der Waals surface area contributed by atoms with E-state index in [0.29, 0.717) is 23.2 Å². The van der Waals surface area contributed by atoms with Crippen LogP contribution in [0.4, 0.5) is 0 Å². The van der Waals surface area contributed by atoms with E-state index in [4.69, 9.17) is 11.6 Å². The van der Waals surface area contributed by atoms with Crippen molar-refractivity contribution in [3.63, 3.8) is 0 Å². The minimum absolute atomic E-state index is 0.150. The summed E-state index contributed by atoms with van der Waals surface area (Å²) in [6.07, 6.45) is 0. The van der Waals surface area contributed by atoms with Gasteiger partial charge in [0.15, 0.2) is 5.69 Å². The molecule has 5 heteroatoms.